The van der Waals surface area contributed by atoms with Gasteiger partial charge < -0.3 is 4.42 Å². The lowest BCUT2D eigenvalue weighted by molar-refractivity contribution is 0.669. The lowest BCUT2D eigenvalue weighted by Crippen LogP contribution is -1.97. The lowest BCUT2D eigenvalue weighted by Gasteiger charge is -2.16. The fraction of sp³-hybridized carbons (Fsp3) is 0. The van der Waals surface area contributed by atoms with Crippen LogP contribution in [0.3, 0.4) is 0 Å². The van der Waals surface area contributed by atoms with Crippen molar-refractivity contribution in [3.63, 3.8) is 0 Å². The van der Waals surface area contributed by atoms with Crippen LogP contribution in [0.25, 0.3) is 105 Å². The van der Waals surface area contributed by atoms with Gasteiger partial charge in [-0.05, 0) is 59.2 Å². The highest BCUT2D eigenvalue weighted by molar-refractivity contribution is 6.27. The SMILES string of the molecule is c1ccc(-c2c3c(cc4c(-c5ccc(-c6ccc(-n7c(-c8ccccc8)nc8ccccc87)cc6)cc5)nc5ccccc5c24)oc2ccccc23)cc1. The van der Waals surface area contributed by atoms with E-state index >= 15 is 0 Å². The van der Waals surface area contributed by atoms with E-state index in [1.54, 1.807) is 0 Å². The fourth-order valence-electron chi connectivity index (χ4n) is 8.12. The second-order valence-corrected chi connectivity index (χ2v) is 13.7. The molecule has 0 aliphatic heterocycles. The van der Waals surface area contributed by atoms with Crippen molar-refractivity contribution in [1.82, 2.24) is 14.5 Å². The van der Waals surface area contributed by atoms with Gasteiger partial charge in [-0.1, -0.05) is 146 Å². The van der Waals surface area contributed by atoms with Gasteiger partial charge in [0, 0.05) is 49.3 Å². The Labute approximate surface area is 311 Å². The Bertz CT molecular complexity index is 3180. The molecule has 0 fully saturated rings. The van der Waals surface area contributed by atoms with Crippen LogP contribution in [0.2, 0.25) is 0 Å². The quantitative estimate of drug-likeness (QED) is 0.169. The molecule has 0 aliphatic carbocycles. The molecule has 0 saturated carbocycles. The molecule has 4 heteroatoms. The Morgan fingerprint density at radius 2 is 0.981 bits per heavy atom. The predicted octanol–water partition coefficient (Wildman–Crippen LogP) is 13.3. The highest BCUT2D eigenvalue weighted by Gasteiger charge is 2.21. The Balaban J connectivity index is 1.05. The number of fused-ring (bicyclic) bond motifs is 7. The molecule has 252 valence electrons. The van der Waals surface area contributed by atoms with Crippen LogP contribution in [0, 0.1) is 0 Å². The second-order valence-electron chi connectivity index (χ2n) is 13.7. The minimum atomic E-state index is 0.860. The van der Waals surface area contributed by atoms with Gasteiger partial charge in [0.2, 0.25) is 0 Å². The lowest BCUT2D eigenvalue weighted by atomic mass is 9.89. The van der Waals surface area contributed by atoms with E-state index < -0.39 is 0 Å². The van der Waals surface area contributed by atoms with E-state index in [2.05, 4.69) is 174 Å². The first kappa shape index (κ1) is 30.3. The van der Waals surface area contributed by atoms with Gasteiger partial charge in [0.1, 0.15) is 17.0 Å². The zero-order valence-electron chi connectivity index (χ0n) is 29.1. The van der Waals surface area contributed by atoms with Crippen molar-refractivity contribution in [2.45, 2.75) is 0 Å². The zero-order chi connectivity index (χ0) is 35.6. The molecule has 11 rings (SSSR count). The minimum Gasteiger partial charge on any atom is -0.456 e. The average Bonchev–Trinajstić information content (AvgIpc) is 3.82. The molecule has 0 N–H and O–H groups in total. The van der Waals surface area contributed by atoms with Gasteiger partial charge in [0.25, 0.3) is 0 Å². The number of pyridine rings is 1. The summed E-state index contributed by atoms with van der Waals surface area (Å²) in [6.45, 7) is 0. The summed E-state index contributed by atoms with van der Waals surface area (Å²) in [5, 5.41) is 5.62. The number of imidazole rings is 1. The fourth-order valence-corrected chi connectivity index (χ4v) is 8.12. The van der Waals surface area contributed by atoms with Crippen LogP contribution in [0.5, 0.6) is 0 Å². The molecule has 0 aliphatic rings. The van der Waals surface area contributed by atoms with Crippen molar-refractivity contribution in [1.29, 1.82) is 0 Å². The number of aromatic nitrogens is 3. The Morgan fingerprint density at radius 1 is 0.389 bits per heavy atom. The molecule has 0 amide bonds. The van der Waals surface area contributed by atoms with E-state index in [-0.39, 0.29) is 0 Å². The van der Waals surface area contributed by atoms with E-state index in [1.165, 1.54) is 10.9 Å². The first-order valence-corrected chi connectivity index (χ1v) is 18.2. The van der Waals surface area contributed by atoms with Crippen LogP contribution in [0.1, 0.15) is 0 Å². The highest BCUT2D eigenvalue weighted by Crippen LogP contribution is 2.46. The summed E-state index contributed by atoms with van der Waals surface area (Å²) in [7, 11) is 0. The Hall–Kier alpha value is -7.30. The third-order valence-electron chi connectivity index (χ3n) is 10.6. The maximum absolute atomic E-state index is 6.56. The number of hydrogen-bond donors (Lipinski definition) is 0. The summed E-state index contributed by atoms with van der Waals surface area (Å²) in [6, 6.07) is 66.0. The van der Waals surface area contributed by atoms with Crippen molar-refractivity contribution in [2.24, 2.45) is 0 Å². The summed E-state index contributed by atoms with van der Waals surface area (Å²) < 4.78 is 8.81. The van der Waals surface area contributed by atoms with Gasteiger partial charge in [-0.25, -0.2) is 9.97 Å². The monoisotopic (exact) mass is 689 g/mol. The number of benzene rings is 8. The van der Waals surface area contributed by atoms with E-state index in [9.17, 15) is 0 Å². The van der Waals surface area contributed by atoms with E-state index in [4.69, 9.17) is 14.4 Å². The van der Waals surface area contributed by atoms with Gasteiger partial charge in [0.15, 0.2) is 0 Å². The van der Waals surface area contributed by atoms with Gasteiger partial charge in [-0.2, -0.15) is 0 Å². The average molecular weight is 690 g/mol. The highest BCUT2D eigenvalue weighted by atomic mass is 16.3. The van der Waals surface area contributed by atoms with Crippen LogP contribution in [0.15, 0.2) is 192 Å². The van der Waals surface area contributed by atoms with Gasteiger partial charge in [0.05, 0.1) is 22.2 Å². The molecule has 0 bridgehead atoms. The first-order valence-electron chi connectivity index (χ1n) is 18.2. The predicted molar refractivity (Wildman–Crippen MR) is 223 cm³/mol. The van der Waals surface area contributed by atoms with Crippen LogP contribution >= 0.6 is 0 Å². The molecule has 0 unspecified atom stereocenters. The van der Waals surface area contributed by atoms with Crippen molar-refractivity contribution in [3.8, 4) is 50.6 Å². The molecule has 0 spiro atoms. The summed E-state index contributed by atoms with van der Waals surface area (Å²) in [5.74, 6) is 0.930. The van der Waals surface area contributed by atoms with Crippen molar-refractivity contribution in [2.75, 3.05) is 0 Å². The van der Waals surface area contributed by atoms with Crippen molar-refractivity contribution >= 4 is 54.6 Å². The maximum atomic E-state index is 6.56. The molecule has 8 aromatic carbocycles. The maximum Gasteiger partial charge on any atom is 0.145 e. The van der Waals surface area contributed by atoms with Crippen LogP contribution in [0.4, 0.5) is 0 Å². The van der Waals surface area contributed by atoms with Crippen molar-refractivity contribution in [3.05, 3.63) is 188 Å². The Morgan fingerprint density at radius 3 is 1.74 bits per heavy atom. The Kier molecular flexibility index (Phi) is 6.82. The number of hydrogen-bond acceptors (Lipinski definition) is 3. The summed E-state index contributed by atoms with van der Waals surface area (Å²) >= 11 is 0. The molecule has 0 saturated heterocycles. The van der Waals surface area contributed by atoms with E-state index in [1.807, 2.05) is 18.2 Å². The number of rotatable bonds is 5. The largest absolute Gasteiger partial charge is 0.456 e. The van der Waals surface area contributed by atoms with Gasteiger partial charge >= 0.3 is 0 Å². The van der Waals surface area contributed by atoms with Crippen LogP contribution in [-0.4, -0.2) is 14.5 Å². The second kappa shape index (κ2) is 12.1. The molecule has 54 heavy (non-hydrogen) atoms. The van der Waals surface area contributed by atoms with E-state index in [0.717, 1.165) is 94.3 Å². The minimum absolute atomic E-state index is 0.860. The summed E-state index contributed by atoms with van der Waals surface area (Å²) in [5.41, 5.74) is 13.5. The third kappa shape index (κ3) is 4.78. The molecule has 0 radical (unpaired) electrons. The normalized spacial score (nSPS) is 11.7. The number of furan rings is 1. The first-order chi connectivity index (χ1) is 26.8. The molecular formula is C50H31N3O. The van der Waals surface area contributed by atoms with Gasteiger partial charge in [-0.15, -0.1) is 0 Å². The molecule has 0 atom stereocenters. The topological polar surface area (TPSA) is 43.9 Å². The standard InChI is InChI=1S/C50H31N3O/c1-3-13-34(14-4-1)46-47-38-17-7-9-19-41(38)51-49(40(47)31-45-48(46)39-18-8-12-22-44(39)54-45)35-25-23-32(24-26-35)33-27-29-37(30-28-33)53-43-21-11-10-20-42(43)52-50(53)36-15-5-2-6-16-36/h1-31H. The van der Waals surface area contributed by atoms with E-state index in [0.29, 0.717) is 0 Å². The smallest absolute Gasteiger partial charge is 0.145 e. The van der Waals surface area contributed by atoms with Crippen LogP contribution in [-0.2, 0) is 0 Å². The summed E-state index contributed by atoms with van der Waals surface area (Å²) in [6.07, 6.45) is 0. The third-order valence-corrected chi connectivity index (χ3v) is 10.6. The van der Waals surface area contributed by atoms with Crippen molar-refractivity contribution < 1.29 is 4.42 Å². The molecule has 3 aromatic heterocycles. The molecular weight excluding hydrogens is 659 g/mol. The zero-order valence-corrected chi connectivity index (χ0v) is 29.1. The number of nitrogens with zero attached hydrogens (tertiary/aromatic N) is 3. The number of para-hydroxylation sites is 4. The van der Waals surface area contributed by atoms with Gasteiger partial charge in [-0.3, -0.25) is 4.57 Å². The summed E-state index contributed by atoms with van der Waals surface area (Å²) in [4.78, 5) is 10.3. The molecule has 3 heterocycles. The molecule has 4 nitrogen and oxygen atoms in total. The van der Waals surface area contributed by atoms with Crippen LogP contribution < -0.4 is 0 Å². The molecule has 11 aromatic rings.